The molecule has 2 N–H and O–H groups in total. The maximum atomic E-state index is 12.6. The molecule has 0 spiro atoms. The Labute approximate surface area is 117 Å². The van der Waals surface area contributed by atoms with Crippen molar-refractivity contribution < 1.29 is 18.3 Å². The summed E-state index contributed by atoms with van der Waals surface area (Å²) < 4.78 is 26.8. The molecule has 2 fully saturated rings. The van der Waals surface area contributed by atoms with E-state index in [1.54, 1.807) is 0 Å². The molecule has 110 valence electrons. The molecule has 6 nitrogen and oxygen atoms in total. The van der Waals surface area contributed by atoms with Gasteiger partial charge in [-0.25, -0.2) is 13.2 Å². The van der Waals surface area contributed by atoms with Gasteiger partial charge in [0.1, 0.15) is 10.6 Å². The summed E-state index contributed by atoms with van der Waals surface area (Å²) in [6, 6.07) is 1.20. The smallest absolute Gasteiger partial charge is 0.352 e. The van der Waals surface area contributed by atoms with Gasteiger partial charge >= 0.3 is 5.97 Å². The molecule has 7 heteroatoms. The molecule has 1 aromatic rings. The first kappa shape index (κ1) is 13.6. The number of hydrogen-bond acceptors (Lipinski definition) is 3. The van der Waals surface area contributed by atoms with Crippen molar-refractivity contribution in [3.05, 3.63) is 18.0 Å². The Bertz CT molecular complexity index is 600. The second-order valence-electron chi connectivity index (χ2n) is 5.76. The van der Waals surface area contributed by atoms with Crippen molar-refractivity contribution in [3.8, 4) is 0 Å². The molecule has 0 saturated heterocycles. The lowest BCUT2D eigenvalue weighted by Gasteiger charge is -2.21. The third kappa shape index (κ3) is 2.88. The predicted molar refractivity (Wildman–Crippen MR) is 72.0 cm³/mol. The summed E-state index contributed by atoms with van der Waals surface area (Å²) in [5.41, 5.74) is -0.0960. The lowest BCUT2D eigenvalue weighted by atomic mass is 10.4. The largest absolute Gasteiger partial charge is 0.477 e. The summed E-state index contributed by atoms with van der Waals surface area (Å²) in [7, 11) is -3.59. The van der Waals surface area contributed by atoms with Gasteiger partial charge in [-0.3, -0.25) is 0 Å². The molecule has 0 amide bonds. The fraction of sp³-hybridized carbons (Fsp3) is 0.615. The van der Waals surface area contributed by atoms with Crippen molar-refractivity contribution in [3.63, 3.8) is 0 Å². The Hall–Kier alpha value is -1.34. The minimum atomic E-state index is -3.59. The first-order valence-electron chi connectivity index (χ1n) is 6.88. The molecular formula is C13H18N2O4S. The molecule has 2 saturated carbocycles. The van der Waals surface area contributed by atoms with Crippen molar-refractivity contribution in [2.75, 3.05) is 13.1 Å². The number of nitrogens with one attached hydrogen (secondary N) is 1. The summed E-state index contributed by atoms with van der Waals surface area (Å²) >= 11 is 0. The van der Waals surface area contributed by atoms with Gasteiger partial charge in [0, 0.05) is 19.3 Å². The van der Waals surface area contributed by atoms with Crippen LogP contribution in [-0.4, -0.2) is 41.9 Å². The van der Waals surface area contributed by atoms with Gasteiger partial charge in [-0.05, 0) is 43.6 Å². The Kier molecular flexibility index (Phi) is 3.33. The molecule has 2 aliphatic rings. The number of aromatic amines is 1. The molecule has 0 radical (unpaired) electrons. The van der Waals surface area contributed by atoms with Crippen LogP contribution in [0.3, 0.4) is 0 Å². The maximum absolute atomic E-state index is 12.6. The molecule has 1 heterocycles. The molecule has 0 aromatic carbocycles. The van der Waals surface area contributed by atoms with Crippen LogP contribution in [0.5, 0.6) is 0 Å². The van der Waals surface area contributed by atoms with E-state index in [2.05, 4.69) is 4.98 Å². The van der Waals surface area contributed by atoms with E-state index in [1.807, 2.05) is 0 Å². The molecule has 0 atom stereocenters. The number of aromatic nitrogens is 1. The molecule has 2 aliphatic carbocycles. The van der Waals surface area contributed by atoms with Crippen LogP contribution in [0.15, 0.2) is 17.2 Å². The van der Waals surface area contributed by atoms with Crippen LogP contribution < -0.4 is 0 Å². The van der Waals surface area contributed by atoms with Crippen LogP contribution in [0.4, 0.5) is 0 Å². The number of carboxylic acids is 1. The second-order valence-corrected chi connectivity index (χ2v) is 7.70. The third-order valence-electron chi connectivity index (χ3n) is 3.84. The minimum Gasteiger partial charge on any atom is -0.477 e. The van der Waals surface area contributed by atoms with Gasteiger partial charge in [-0.15, -0.1) is 0 Å². The molecule has 1 aromatic heterocycles. The van der Waals surface area contributed by atoms with Crippen molar-refractivity contribution >= 4 is 16.0 Å². The summed E-state index contributed by atoms with van der Waals surface area (Å²) in [5.74, 6) is -0.204. The zero-order valence-corrected chi connectivity index (χ0v) is 11.9. The fourth-order valence-corrected chi connectivity index (χ4v) is 3.83. The van der Waals surface area contributed by atoms with E-state index in [-0.39, 0.29) is 10.6 Å². The van der Waals surface area contributed by atoms with E-state index in [0.29, 0.717) is 24.9 Å². The van der Waals surface area contributed by atoms with Crippen LogP contribution >= 0.6 is 0 Å². The van der Waals surface area contributed by atoms with Crippen LogP contribution in [-0.2, 0) is 10.0 Å². The van der Waals surface area contributed by atoms with Gasteiger partial charge < -0.3 is 10.1 Å². The van der Waals surface area contributed by atoms with E-state index in [4.69, 9.17) is 5.11 Å². The van der Waals surface area contributed by atoms with Crippen molar-refractivity contribution in [1.82, 2.24) is 9.29 Å². The number of sulfonamides is 1. The minimum absolute atomic E-state index is 0.0520. The lowest BCUT2D eigenvalue weighted by Crippen LogP contribution is -2.34. The topological polar surface area (TPSA) is 90.5 Å². The Morgan fingerprint density at radius 2 is 1.80 bits per heavy atom. The van der Waals surface area contributed by atoms with Gasteiger partial charge in [0.2, 0.25) is 10.0 Å². The number of rotatable bonds is 7. The average molecular weight is 298 g/mol. The second kappa shape index (κ2) is 4.89. The van der Waals surface area contributed by atoms with E-state index in [1.165, 1.54) is 16.6 Å². The molecule has 0 unspecified atom stereocenters. The molecule has 0 aliphatic heterocycles. The van der Waals surface area contributed by atoms with Gasteiger partial charge in [0.15, 0.2) is 0 Å². The van der Waals surface area contributed by atoms with Crippen LogP contribution in [0, 0.1) is 11.8 Å². The molecule has 3 rings (SSSR count). The lowest BCUT2D eigenvalue weighted by molar-refractivity contribution is 0.0691. The first-order valence-corrected chi connectivity index (χ1v) is 8.32. The number of aromatic carboxylic acids is 1. The summed E-state index contributed by atoms with van der Waals surface area (Å²) in [6.07, 6.45) is 5.62. The molecular weight excluding hydrogens is 280 g/mol. The Morgan fingerprint density at radius 1 is 1.25 bits per heavy atom. The Balaban J connectivity index is 1.82. The fourth-order valence-electron chi connectivity index (χ4n) is 2.24. The predicted octanol–water partition coefficient (Wildman–Crippen LogP) is 1.52. The van der Waals surface area contributed by atoms with Crippen molar-refractivity contribution in [2.45, 2.75) is 30.6 Å². The number of carboxylic acid groups (broad SMARTS) is 1. The van der Waals surface area contributed by atoms with Crippen LogP contribution in [0.2, 0.25) is 0 Å². The third-order valence-corrected chi connectivity index (χ3v) is 5.65. The normalized spacial score (nSPS) is 19.4. The summed E-state index contributed by atoms with van der Waals surface area (Å²) in [5, 5.41) is 8.87. The van der Waals surface area contributed by atoms with Gasteiger partial charge in [0.25, 0.3) is 0 Å². The van der Waals surface area contributed by atoms with Gasteiger partial charge in [0.05, 0.1) is 0 Å². The average Bonchev–Trinajstić information content (AvgIpc) is 3.30. The standard InChI is InChI=1S/C13H18N2O4S/c16-13(17)12-5-11(6-14-12)20(18,19)15(7-9-1-2-9)8-10-3-4-10/h5-6,9-10,14H,1-4,7-8H2,(H,16,17). The summed E-state index contributed by atoms with van der Waals surface area (Å²) in [6.45, 7) is 1.12. The van der Waals surface area contributed by atoms with E-state index >= 15 is 0 Å². The Morgan fingerprint density at radius 3 is 2.20 bits per heavy atom. The highest BCUT2D eigenvalue weighted by molar-refractivity contribution is 7.89. The zero-order valence-electron chi connectivity index (χ0n) is 11.1. The van der Waals surface area contributed by atoms with E-state index in [9.17, 15) is 13.2 Å². The van der Waals surface area contributed by atoms with Crippen molar-refractivity contribution in [2.24, 2.45) is 11.8 Å². The molecule has 20 heavy (non-hydrogen) atoms. The van der Waals surface area contributed by atoms with E-state index < -0.39 is 16.0 Å². The highest BCUT2D eigenvalue weighted by Gasteiger charge is 2.36. The van der Waals surface area contributed by atoms with E-state index in [0.717, 1.165) is 25.7 Å². The van der Waals surface area contributed by atoms with Crippen LogP contribution in [0.1, 0.15) is 36.2 Å². The number of carbonyl (C=O) groups is 1. The summed E-state index contributed by atoms with van der Waals surface area (Å²) in [4.78, 5) is 13.4. The van der Waals surface area contributed by atoms with Crippen molar-refractivity contribution in [1.29, 1.82) is 0 Å². The SMILES string of the molecule is O=C(O)c1cc(S(=O)(=O)N(CC2CC2)CC2CC2)c[nH]1. The van der Waals surface area contributed by atoms with Gasteiger partial charge in [-0.2, -0.15) is 4.31 Å². The van der Waals surface area contributed by atoms with Crippen LogP contribution in [0.25, 0.3) is 0 Å². The molecule has 0 bridgehead atoms. The van der Waals surface area contributed by atoms with Gasteiger partial charge in [-0.1, -0.05) is 0 Å². The zero-order chi connectivity index (χ0) is 14.3. The maximum Gasteiger partial charge on any atom is 0.352 e. The quantitative estimate of drug-likeness (QED) is 0.798. The number of hydrogen-bond donors (Lipinski definition) is 2. The highest BCUT2D eigenvalue weighted by Crippen LogP contribution is 2.36. The highest BCUT2D eigenvalue weighted by atomic mass is 32.2. The number of H-pyrrole nitrogens is 1. The number of nitrogens with zero attached hydrogens (tertiary/aromatic N) is 1. The first-order chi connectivity index (χ1) is 9.46. The monoisotopic (exact) mass is 298 g/mol.